The topological polar surface area (TPSA) is 59.3 Å². The molecule has 22 heavy (non-hydrogen) atoms. The first kappa shape index (κ1) is 14.3. The SMILES string of the molecule is CC[C@@H](C)NC(=O)c1ccn2c(-c3ccccc3)nnc2c1. The molecule has 0 aliphatic rings. The van der Waals surface area contributed by atoms with Gasteiger partial charge in [0.05, 0.1) is 0 Å². The van der Waals surface area contributed by atoms with E-state index in [1.54, 1.807) is 12.1 Å². The van der Waals surface area contributed by atoms with Crippen molar-refractivity contribution < 1.29 is 4.79 Å². The molecule has 0 unspecified atom stereocenters. The molecule has 1 atom stereocenters. The van der Waals surface area contributed by atoms with Gasteiger partial charge in [0, 0.05) is 23.4 Å². The van der Waals surface area contributed by atoms with Gasteiger partial charge in [0.1, 0.15) is 0 Å². The molecule has 0 aliphatic heterocycles. The minimum Gasteiger partial charge on any atom is -0.350 e. The maximum atomic E-state index is 12.2. The van der Waals surface area contributed by atoms with Gasteiger partial charge in [-0.3, -0.25) is 9.20 Å². The van der Waals surface area contributed by atoms with Crippen LogP contribution < -0.4 is 5.32 Å². The highest BCUT2D eigenvalue weighted by atomic mass is 16.1. The van der Waals surface area contributed by atoms with E-state index in [1.807, 2.05) is 54.8 Å². The van der Waals surface area contributed by atoms with Crippen molar-refractivity contribution in [1.82, 2.24) is 19.9 Å². The normalized spacial score (nSPS) is 12.3. The van der Waals surface area contributed by atoms with Gasteiger partial charge in [-0.05, 0) is 25.5 Å². The summed E-state index contributed by atoms with van der Waals surface area (Å²) in [6, 6.07) is 13.6. The van der Waals surface area contributed by atoms with Crippen LogP contribution in [0.15, 0.2) is 48.7 Å². The predicted octanol–water partition coefficient (Wildman–Crippen LogP) is 2.92. The quantitative estimate of drug-likeness (QED) is 0.805. The molecule has 1 N–H and O–H groups in total. The molecule has 2 heterocycles. The number of benzene rings is 1. The lowest BCUT2D eigenvalue weighted by Crippen LogP contribution is -2.31. The highest BCUT2D eigenvalue weighted by Gasteiger charge is 2.12. The number of pyridine rings is 1. The van der Waals surface area contributed by atoms with Crippen molar-refractivity contribution in [2.75, 3.05) is 0 Å². The number of hydrogen-bond donors (Lipinski definition) is 1. The molecule has 1 aromatic carbocycles. The lowest BCUT2D eigenvalue weighted by molar-refractivity contribution is 0.0939. The van der Waals surface area contributed by atoms with Crippen LogP contribution in [0.4, 0.5) is 0 Å². The molecule has 0 fully saturated rings. The van der Waals surface area contributed by atoms with Crippen LogP contribution in [0, 0.1) is 0 Å². The maximum absolute atomic E-state index is 12.2. The first-order valence-electron chi connectivity index (χ1n) is 7.40. The second kappa shape index (κ2) is 5.97. The molecule has 3 aromatic rings. The highest BCUT2D eigenvalue weighted by molar-refractivity contribution is 5.95. The predicted molar refractivity (Wildman–Crippen MR) is 85.6 cm³/mol. The van der Waals surface area contributed by atoms with Crippen molar-refractivity contribution in [2.24, 2.45) is 0 Å². The van der Waals surface area contributed by atoms with Crippen molar-refractivity contribution in [2.45, 2.75) is 26.3 Å². The summed E-state index contributed by atoms with van der Waals surface area (Å²) in [5, 5.41) is 11.3. The average Bonchev–Trinajstić information content (AvgIpc) is 2.98. The van der Waals surface area contributed by atoms with Gasteiger partial charge in [-0.1, -0.05) is 37.3 Å². The summed E-state index contributed by atoms with van der Waals surface area (Å²) in [5.41, 5.74) is 2.25. The Bertz CT molecular complexity index is 795. The summed E-state index contributed by atoms with van der Waals surface area (Å²) in [4.78, 5) is 12.2. The number of amides is 1. The van der Waals surface area contributed by atoms with Crippen molar-refractivity contribution in [3.8, 4) is 11.4 Å². The second-order valence-electron chi connectivity index (χ2n) is 5.32. The van der Waals surface area contributed by atoms with Crippen LogP contribution in [0.25, 0.3) is 17.0 Å². The monoisotopic (exact) mass is 294 g/mol. The van der Waals surface area contributed by atoms with Crippen LogP contribution in [-0.2, 0) is 0 Å². The fraction of sp³-hybridized carbons (Fsp3) is 0.235. The zero-order valence-electron chi connectivity index (χ0n) is 12.7. The Hall–Kier alpha value is -2.69. The van der Waals surface area contributed by atoms with Gasteiger partial charge in [-0.25, -0.2) is 0 Å². The second-order valence-corrected chi connectivity index (χ2v) is 5.32. The summed E-state index contributed by atoms with van der Waals surface area (Å²) in [6.45, 7) is 4.03. The molecular formula is C17H18N4O. The van der Waals surface area contributed by atoms with Crippen LogP contribution in [-0.4, -0.2) is 26.5 Å². The largest absolute Gasteiger partial charge is 0.350 e. The van der Waals surface area contributed by atoms with E-state index >= 15 is 0 Å². The summed E-state index contributed by atoms with van der Waals surface area (Å²) >= 11 is 0. The molecule has 0 saturated carbocycles. The van der Waals surface area contributed by atoms with Gasteiger partial charge in [0.15, 0.2) is 11.5 Å². The van der Waals surface area contributed by atoms with Gasteiger partial charge in [0.25, 0.3) is 5.91 Å². The molecule has 0 saturated heterocycles. The van der Waals surface area contributed by atoms with Gasteiger partial charge in [0.2, 0.25) is 0 Å². The Morgan fingerprint density at radius 1 is 1.23 bits per heavy atom. The van der Waals surface area contributed by atoms with Gasteiger partial charge in [-0.15, -0.1) is 10.2 Å². The Morgan fingerprint density at radius 3 is 2.73 bits per heavy atom. The van der Waals surface area contributed by atoms with Crippen LogP contribution in [0.1, 0.15) is 30.6 Å². The van der Waals surface area contributed by atoms with Crippen molar-refractivity contribution in [3.63, 3.8) is 0 Å². The van der Waals surface area contributed by atoms with E-state index in [4.69, 9.17) is 0 Å². The van der Waals surface area contributed by atoms with Crippen molar-refractivity contribution in [1.29, 1.82) is 0 Å². The Balaban J connectivity index is 1.94. The smallest absolute Gasteiger partial charge is 0.251 e. The van der Waals surface area contributed by atoms with Gasteiger partial charge in [-0.2, -0.15) is 0 Å². The number of nitrogens with one attached hydrogen (secondary N) is 1. The minimum atomic E-state index is -0.0823. The summed E-state index contributed by atoms with van der Waals surface area (Å²) in [7, 11) is 0. The van der Waals surface area contributed by atoms with Crippen molar-refractivity contribution in [3.05, 3.63) is 54.2 Å². The summed E-state index contributed by atoms with van der Waals surface area (Å²) in [6.07, 6.45) is 2.74. The standard InChI is InChI=1S/C17H18N4O/c1-3-12(2)18-17(22)14-9-10-21-15(11-14)19-20-16(21)13-7-5-4-6-8-13/h4-12H,3H2,1-2H3,(H,18,22)/t12-/m1/s1. The third-order valence-electron chi connectivity index (χ3n) is 3.69. The van der Waals surface area contributed by atoms with E-state index < -0.39 is 0 Å². The fourth-order valence-corrected chi connectivity index (χ4v) is 2.23. The van der Waals surface area contributed by atoms with E-state index in [9.17, 15) is 4.79 Å². The first-order valence-corrected chi connectivity index (χ1v) is 7.40. The number of fused-ring (bicyclic) bond motifs is 1. The third-order valence-corrected chi connectivity index (χ3v) is 3.69. The number of aromatic nitrogens is 3. The molecule has 2 aromatic heterocycles. The fourth-order valence-electron chi connectivity index (χ4n) is 2.23. The van der Waals surface area contributed by atoms with E-state index in [0.29, 0.717) is 11.2 Å². The van der Waals surface area contributed by atoms with E-state index in [-0.39, 0.29) is 11.9 Å². The van der Waals surface area contributed by atoms with Gasteiger partial charge < -0.3 is 5.32 Å². The first-order chi connectivity index (χ1) is 10.7. The molecule has 0 bridgehead atoms. The minimum absolute atomic E-state index is 0.0823. The van der Waals surface area contributed by atoms with Crippen LogP contribution in [0.5, 0.6) is 0 Å². The number of hydrogen-bond acceptors (Lipinski definition) is 3. The number of rotatable bonds is 4. The molecule has 0 aliphatic carbocycles. The van der Waals surface area contributed by atoms with Gasteiger partial charge >= 0.3 is 0 Å². The molecule has 5 heteroatoms. The van der Waals surface area contributed by atoms with Crippen LogP contribution >= 0.6 is 0 Å². The molecule has 1 amide bonds. The number of carbonyl (C=O) groups is 1. The van der Waals surface area contributed by atoms with Crippen LogP contribution in [0.2, 0.25) is 0 Å². The molecule has 0 radical (unpaired) electrons. The van der Waals surface area contributed by atoms with Crippen molar-refractivity contribution >= 4 is 11.6 Å². The zero-order valence-corrected chi connectivity index (χ0v) is 12.7. The number of nitrogens with zero attached hydrogens (tertiary/aromatic N) is 3. The Labute approximate surface area is 129 Å². The van der Waals surface area contributed by atoms with E-state index in [2.05, 4.69) is 15.5 Å². The lowest BCUT2D eigenvalue weighted by atomic mass is 10.2. The number of carbonyl (C=O) groups excluding carboxylic acids is 1. The third kappa shape index (κ3) is 2.70. The van der Waals surface area contributed by atoms with E-state index in [1.165, 1.54) is 0 Å². The van der Waals surface area contributed by atoms with E-state index in [0.717, 1.165) is 17.8 Å². The molecule has 3 rings (SSSR count). The average molecular weight is 294 g/mol. The van der Waals surface area contributed by atoms with Crippen LogP contribution in [0.3, 0.4) is 0 Å². The summed E-state index contributed by atoms with van der Waals surface area (Å²) < 4.78 is 1.88. The molecule has 112 valence electrons. The summed E-state index contributed by atoms with van der Waals surface area (Å²) in [5.74, 6) is 0.686. The molecule has 0 spiro atoms. The lowest BCUT2D eigenvalue weighted by Gasteiger charge is -2.11. The Morgan fingerprint density at radius 2 is 2.00 bits per heavy atom. The zero-order chi connectivity index (χ0) is 15.5. The molecule has 5 nitrogen and oxygen atoms in total. The Kier molecular flexibility index (Phi) is 3.87. The molecular weight excluding hydrogens is 276 g/mol. The highest BCUT2D eigenvalue weighted by Crippen LogP contribution is 2.18. The maximum Gasteiger partial charge on any atom is 0.251 e.